The van der Waals surface area contributed by atoms with Crippen LogP contribution in [0.5, 0.6) is 0 Å². The molecule has 7 nitrogen and oxygen atoms in total. The molecule has 2 atom stereocenters. The summed E-state index contributed by atoms with van der Waals surface area (Å²) >= 11 is 0. The van der Waals surface area contributed by atoms with Crippen molar-refractivity contribution in [2.45, 2.75) is 50.9 Å². The van der Waals surface area contributed by atoms with E-state index in [9.17, 15) is 35.9 Å². The Morgan fingerprint density at radius 3 is 2.39 bits per heavy atom. The maximum Gasteiger partial charge on any atom is 0.432 e. The summed E-state index contributed by atoms with van der Waals surface area (Å²) in [6.07, 6.45) is -1.37. The van der Waals surface area contributed by atoms with Gasteiger partial charge in [0.05, 0.1) is 17.3 Å². The average molecular weight is 619 g/mol. The van der Waals surface area contributed by atoms with Gasteiger partial charge in [0.2, 0.25) is 0 Å². The third kappa shape index (κ3) is 8.10. The Bertz CT molecular complexity index is 1580. The number of halogens is 6. The summed E-state index contributed by atoms with van der Waals surface area (Å²) in [4.78, 5) is 29.9. The minimum Gasteiger partial charge on any atom is -0.366 e. The molecule has 0 aliphatic heterocycles. The van der Waals surface area contributed by atoms with E-state index < -0.39 is 53.2 Å². The lowest BCUT2D eigenvalue weighted by atomic mass is 9.94. The van der Waals surface area contributed by atoms with Crippen LogP contribution in [0.25, 0.3) is 11.1 Å². The number of primary amides is 1. The molecule has 1 aliphatic carbocycles. The Kier molecular flexibility index (Phi) is 9.88. The van der Waals surface area contributed by atoms with Crippen molar-refractivity contribution in [2.75, 3.05) is 0 Å². The first kappa shape index (κ1) is 32.4. The second-order valence-electron chi connectivity index (χ2n) is 10.5. The van der Waals surface area contributed by atoms with Crippen molar-refractivity contribution >= 4 is 17.5 Å². The van der Waals surface area contributed by atoms with E-state index in [1.54, 1.807) is 19.1 Å². The van der Waals surface area contributed by atoms with E-state index in [4.69, 9.17) is 11.1 Å². The molecule has 3 aromatic rings. The van der Waals surface area contributed by atoms with Crippen LogP contribution in [0.1, 0.15) is 53.8 Å². The first-order valence-corrected chi connectivity index (χ1v) is 13.8. The molecule has 0 radical (unpaired) electrons. The molecule has 4 rings (SSSR count). The molecule has 1 aromatic heterocycles. The molecule has 6 N–H and O–H groups in total. The zero-order valence-electron chi connectivity index (χ0n) is 23.5. The van der Waals surface area contributed by atoms with Gasteiger partial charge in [-0.2, -0.15) is 13.2 Å². The number of aromatic nitrogens is 1. The van der Waals surface area contributed by atoms with E-state index in [-0.39, 0.29) is 41.3 Å². The molecule has 1 aliphatic rings. The number of nitrogens with two attached hydrogens (primary N) is 2. The highest BCUT2D eigenvalue weighted by atomic mass is 19.4. The normalized spacial score (nSPS) is 15.0. The van der Waals surface area contributed by atoms with Crippen molar-refractivity contribution in [3.05, 3.63) is 101 Å². The van der Waals surface area contributed by atoms with Gasteiger partial charge in [-0.05, 0) is 60.7 Å². The predicted octanol–water partition coefficient (Wildman–Crippen LogP) is 4.88. The van der Waals surface area contributed by atoms with Gasteiger partial charge in [0, 0.05) is 36.2 Å². The number of alkyl halides is 3. The number of pyridine rings is 1. The number of amides is 2. The van der Waals surface area contributed by atoms with E-state index in [0.717, 1.165) is 24.3 Å². The maximum absolute atomic E-state index is 14.2. The summed E-state index contributed by atoms with van der Waals surface area (Å²) in [6, 6.07) is 7.78. The lowest BCUT2D eigenvalue weighted by molar-refractivity contribution is -0.634. The molecule has 44 heavy (non-hydrogen) atoms. The zero-order valence-corrected chi connectivity index (χ0v) is 23.5. The number of hydrogen-bond donors (Lipinski definition) is 4. The van der Waals surface area contributed by atoms with Gasteiger partial charge in [-0.1, -0.05) is 19.1 Å². The highest BCUT2D eigenvalue weighted by Gasteiger charge is 2.38. The maximum atomic E-state index is 14.2. The van der Waals surface area contributed by atoms with E-state index >= 15 is 0 Å². The van der Waals surface area contributed by atoms with Crippen LogP contribution in [0, 0.1) is 28.8 Å². The lowest BCUT2D eigenvalue weighted by Gasteiger charge is -2.24. The van der Waals surface area contributed by atoms with Gasteiger partial charge in [-0.3, -0.25) is 20.0 Å². The molecule has 1 saturated carbocycles. The molecule has 2 aromatic carbocycles. The summed E-state index contributed by atoms with van der Waals surface area (Å²) in [6.45, 7) is 1.67. The van der Waals surface area contributed by atoms with Gasteiger partial charge in [0.25, 0.3) is 11.8 Å². The third-order valence-corrected chi connectivity index (χ3v) is 7.23. The molecule has 2 amide bonds. The zero-order chi connectivity index (χ0) is 32.2. The summed E-state index contributed by atoms with van der Waals surface area (Å²) in [5.74, 6) is -4.33. The van der Waals surface area contributed by atoms with Gasteiger partial charge in [-0.25, -0.2) is 13.2 Å². The summed E-state index contributed by atoms with van der Waals surface area (Å²) < 4.78 is 81.7. The minimum absolute atomic E-state index is 0.144. The van der Waals surface area contributed by atoms with Crippen molar-refractivity contribution in [1.29, 1.82) is 5.41 Å². The molecule has 1 fully saturated rings. The number of allylic oxidation sites excluding steroid dienone is 2. The largest absolute Gasteiger partial charge is 0.432 e. The number of hydrogen-bond acceptors (Lipinski definition) is 4. The van der Waals surface area contributed by atoms with Crippen molar-refractivity contribution in [1.82, 2.24) is 10.3 Å². The molecular weight excluding hydrogens is 588 g/mol. The fourth-order valence-corrected chi connectivity index (χ4v) is 4.86. The number of quaternary nitrogens is 1. The van der Waals surface area contributed by atoms with Crippen LogP contribution in [0.2, 0.25) is 0 Å². The molecule has 2 unspecified atom stereocenters. The molecule has 0 bridgehead atoms. The van der Waals surface area contributed by atoms with Crippen LogP contribution in [-0.4, -0.2) is 34.7 Å². The van der Waals surface area contributed by atoms with Gasteiger partial charge >= 0.3 is 6.18 Å². The van der Waals surface area contributed by atoms with Crippen molar-refractivity contribution in [3.8, 4) is 11.1 Å². The van der Waals surface area contributed by atoms with Crippen LogP contribution in [-0.2, 0) is 11.2 Å². The van der Waals surface area contributed by atoms with Crippen LogP contribution in [0.4, 0.5) is 26.3 Å². The second kappa shape index (κ2) is 13.4. The van der Waals surface area contributed by atoms with Crippen molar-refractivity contribution in [2.24, 2.45) is 11.7 Å². The summed E-state index contributed by atoms with van der Waals surface area (Å²) in [5.41, 5.74) is 4.75. The third-order valence-electron chi connectivity index (χ3n) is 7.23. The molecule has 13 heteroatoms. The van der Waals surface area contributed by atoms with Crippen LogP contribution in [0.15, 0.2) is 66.5 Å². The number of rotatable bonds is 12. The van der Waals surface area contributed by atoms with Gasteiger partial charge in [0.1, 0.15) is 28.9 Å². The number of carbonyl (C=O) groups is 2. The number of nitrogens with zero attached hydrogens (tertiary/aromatic N) is 1. The van der Waals surface area contributed by atoms with Gasteiger partial charge in [0.15, 0.2) is 6.04 Å². The molecule has 232 valence electrons. The van der Waals surface area contributed by atoms with Crippen LogP contribution >= 0.6 is 0 Å². The highest BCUT2D eigenvalue weighted by Crippen LogP contribution is 2.34. The number of nitrogens with one attached hydrogen (secondary N) is 2. The Balaban J connectivity index is 1.71. The van der Waals surface area contributed by atoms with E-state index in [0.29, 0.717) is 30.0 Å². The molecule has 0 saturated heterocycles. The Morgan fingerprint density at radius 1 is 1.11 bits per heavy atom. The summed E-state index contributed by atoms with van der Waals surface area (Å²) in [7, 11) is 0. The molecule has 1 heterocycles. The topological polar surface area (TPSA) is 126 Å². The monoisotopic (exact) mass is 618 g/mol. The number of carbonyl (C=O) groups excluding carboxylic acids is 2. The van der Waals surface area contributed by atoms with E-state index in [1.165, 1.54) is 23.6 Å². The Morgan fingerprint density at radius 2 is 1.80 bits per heavy atom. The quantitative estimate of drug-likeness (QED) is 0.171. The highest BCUT2D eigenvalue weighted by molar-refractivity contribution is 5.97. The minimum atomic E-state index is -4.84. The Labute approximate surface area is 249 Å². The predicted molar refractivity (Wildman–Crippen MR) is 150 cm³/mol. The fraction of sp³-hybridized carbons (Fsp3) is 0.290. The molecular formula is C31H30F6N5O2+. The summed E-state index contributed by atoms with van der Waals surface area (Å²) in [5, 5.41) is 11.7. The van der Waals surface area contributed by atoms with E-state index in [1.807, 2.05) is 0 Å². The van der Waals surface area contributed by atoms with Gasteiger partial charge in [-0.15, -0.1) is 0 Å². The van der Waals surface area contributed by atoms with Crippen molar-refractivity contribution < 1.29 is 41.2 Å². The van der Waals surface area contributed by atoms with E-state index in [2.05, 4.69) is 10.3 Å². The van der Waals surface area contributed by atoms with Crippen LogP contribution in [0.3, 0.4) is 0 Å². The number of benzene rings is 2. The fourth-order valence-electron chi connectivity index (χ4n) is 4.86. The van der Waals surface area contributed by atoms with Gasteiger partial charge < -0.3 is 16.4 Å². The first-order valence-electron chi connectivity index (χ1n) is 13.8. The Hall–Kier alpha value is -4.52. The SMILES string of the molecule is CCC([NH2+]C(=CC(=N)C(F)(F)F)C1CC1)C(=O)NC(Cc1cc(F)cc(F)c1)c1ncccc1-c1ccc(F)c(C(N)=O)c1. The second-order valence-corrected chi connectivity index (χ2v) is 10.5. The smallest absolute Gasteiger partial charge is 0.366 e. The first-order chi connectivity index (χ1) is 20.8. The average Bonchev–Trinajstić information content (AvgIpc) is 3.79. The van der Waals surface area contributed by atoms with Crippen LogP contribution < -0.4 is 16.4 Å². The molecule has 0 spiro atoms. The lowest BCUT2D eigenvalue weighted by Crippen LogP contribution is -2.91. The standard InChI is InChI=1S/C31H29F6N5O2/c1-2-24(41-25(17-5-6-17)15-27(38)31(35,36)37)30(44)42-26(12-16-10-19(32)14-20(33)11-16)28-21(4-3-9-40-28)18-7-8-23(34)22(13-18)29(39)43/h3-4,7-11,13-15,17,24,26,38,41H,2,5-6,12H2,1H3,(H2,39,43)(H,42,44)/p+1. The van der Waals surface area contributed by atoms with Crippen molar-refractivity contribution in [3.63, 3.8) is 0 Å².